The van der Waals surface area contributed by atoms with E-state index in [-0.39, 0.29) is 38.1 Å². The fourth-order valence-electron chi connectivity index (χ4n) is 12.7. The number of Topliss-reactive ketones (excluding diaryl/α,β-unsaturated/α-hetero) is 1. The molecule has 4 aliphatic carbocycles. The molecule has 3 saturated heterocycles. The first-order chi connectivity index (χ1) is 28.6. The Bertz CT molecular complexity index is 1730. The van der Waals surface area contributed by atoms with Gasteiger partial charge in [-0.3, -0.25) is 9.59 Å². The van der Waals surface area contributed by atoms with Crippen LogP contribution in [-0.4, -0.2) is 175 Å². The molecule has 0 aromatic carbocycles. The zero-order valence-electron chi connectivity index (χ0n) is 35.1. The molecule has 8 N–H and O–H groups in total. The minimum atomic E-state index is -2.24. The molecule has 8 aliphatic rings. The lowest BCUT2D eigenvalue weighted by Crippen LogP contribution is -2.75. The molecule has 0 aromatic rings. The molecule has 61 heavy (non-hydrogen) atoms. The van der Waals surface area contributed by atoms with E-state index in [9.17, 15) is 55.2 Å². The van der Waals surface area contributed by atoms with Crippen LogP contribution in [0, 0.1) is 28.6 Å². The third kappa shape index (κ3) is 7.22. The summed E-state index contributed by atoms with van der Waals surface area (Å²) in [4.78, 5) is 38.3. The molecule has 4 saturated carbocycles. The monoisotopic (exact) mass is 870 g/mol. The number of esters is 2. The van der Waals surface area contributed by atoms with Gasteiger partial charge in [-0.2, -0.15) is 0 Å². The third-order valence-corrected chi connectivity index (χ3v) is 16.0. The second-order valence-corrected chi connectivity index (χ2v) is 19.3. The number of aliphatic hydroxyl groups excluding tert-OH is 6. The number of carbonyl (C=O) groups is 3. The summed E-state index contributed by atoms with van der Waals surface area (Å²) in [5, 5.41) is 89.0. The van der Waals surface area contributed by atoms with Gasteiger partial charge in [0.05, 0.1) is 24.9 Å². The molecule has 8 rings (SSSR count). The van der Waals surface area contributed by atoms with Crippen molar-refractivity contribution in [2.45, 2.75) is 189 Å². The first-order valence-corrected chi connectivity index (χ1v) is 21.7. The highest BCUT2D eigenvalue weighted by molar-refractivity contribution is 5.98. The summed E-state index contributed by atoms with van der Waals surface area (Å²) in [6.07, 6.45) is -13.5. The van der Waals surface area contributed by atoms with Crippen LogP contribution in [-0.2, 0) is 52.3 Å². The van der Waals surface area contributed by atoms with Crippen LogP contribution < -0.4 is 0 Å². The molecule has 19 heteroatoms. The molecule has 22 atom stereocenters. The maximum atomic E-state index is 14.0. The van der Waals surface area contributed by atoms with Crippen molar-refractivity contribution in [3.8, 4) is 0 Å². The van der Waals surface area contributed by atoms with Crippen molar-refractivity contribution >= 4 is 17.7 Å². The van der Waals surface area contributed by atoms with Crippen molar-refractivity contribution in [2.75, 3.05) is 13.2 Å². The van der Waals surface area contributed by atoms with Gasteiger partial charge >= 0.3 is 11.9 Å². The summed E-state index contributed by atoms with van der Waals surface area (Å²) in [7, 11) is 0. The minimum Gasteiger partial charge on any atom is -0.459 e. The van der Waals surface area contributed by atoms with Gasteiger partial charge in [-0.25, -0.2) is 4.79 Å². The molecular weight excluding hydrogens is 808 g/mol. The molecule has 344 valence electrons. The Morgan fingerprint density at radius 3 is 2.20 bits per heavy atom. The van der Waals surface area contributed by atoms with E-state index in [1.165, 1.54) is 19.9 Å². The smallest absolute Gasteiger partial charge is 0.331 e. The maximum Gasteiger partial charge on any atom is 0.331 e. The number of hydrogen-bond acceptors (Lipinski definition) is 19. The Morgan fingerprint density at radius 2 is 1.51 bits per heavy atom. The van der Waals surface area contributed by atoms with E-state index in [4.69, 9.17) is 37.9 Å². The average Bonchev–Trinajstić information content (AvgIpc) is 3.69. The molecule has 0 radical (unpaired) electrons. The molecule has 0 amide bonds. The molecular formula is C42H62O19. The Morgan fingerprint density at radius 1 is 0.787 bits per heavy atom. The van der Waals surface area contributed by atoms with Crippen molar-refractivity contribution in [3.05, 3.63) is 11.6 Å². The Labute approximate surface area is 353 Å². The van der Waals surface area contributed by atoms with Crippen LogP contribution in [0.4, 0.5) is 0 Å². The predicted molar refractivity (Wildman–Crippen MR) is 202 cm³/mol. The van der Waals surface area contributed by atoms with E-state index in [0.717, 1.165) is 0 Å². The number of ketones is 1. The van der Waals surface area contributed by atoms with Crippen molar-refractivity contribution in [1.82, 2.24) is 0 Å². The number of fused-ring (bicyclic) bond motifs is 5. The van der Waals surface area contributed by atoms with Crippen molar-refractivity contribution in [1.29, 1.82) is 0 Å². The molecule has 4 heterocycles. The fourth-order valence-corrected chi connectivity index (χ4v) is 12.7. The van der Waals surface area contributed by atoms with Crippen LogP contribution in [0.1, 0.15) is 86.0 Å². The van der Waals surface area contributed by atoms with Gasteiger partial charge in [0.1, 0.15) is 67.1 Å². The van der Waals surface area contributed by atoms with Crippen LogP contribution in [0.25, 0.3) is 0 Å². The van der Waals surface area contributed by atoms with Gasteiger partial charge in [0, 0.05) is 30.8 Å². The molecule has 7 fully saturated rings. The zero-order valence-corrected chi connectivity index (χ0v) is 35.1. The van der Waals surface area contributed by atoms with E-state index in [2.05, 4.69) is 6.92 Å². The fraction of sp³-hybridized carbons (Fsp3) is 0.881. The van der Waals surface area contributed by atoms with Gasteiger partial charge in [-0.05, 0) is 81.6 Å². The van der Waals surface area contributed by atoms with E-state index in [1.54, 1.807) is 13.8 Å². The van der Waals surface area contributed by atoms with E-state index in [0.29, 0.717) is 44.1 Å². The van der Waals surface area contributed by atoms with Crippen molar-refractivity contribution < 1.29 is 93.1 Å². The SMILES string of the molecule is CC(=O)O[C@H]1C[C@H](O[C@H]2CC[C@@]3(C)[C@@H](CC[C@]4(O)[C@@H]3CC[C@]3(C)[C@@H](C5=CC(=O)OC5)[C@H](O)C(=O)[C@@]34O)C2)O[C@H](C)[C@H]1O[C@@H]1OC[C@@H](O[C@@H]2O[C@@H](C)[C@H](O)[C@@H](O)[C@H]2O)[C@H](O)[C@H]1O. The summed E-state index contributed by atoms with van der Waals surface area (Å²) in [6.45, 7) is 7.85. The Kier molecular flexibility index (Phi) is 12.2. The first kappa shape index (κ1) is 45.4. The van der Waals surface area contributed by atoms with Gasteiger partial charge in [0.15, 0.2) is 30.3 Å². The van der Waals surface area contributed by atoms with Gasteiger partial charge in [0.25, 0.3) is 0 Å². The lowest BCUT2D eigenvalue weighted by molar-refractivity contribution is -0.355. The first-order valence-electron chi connectivity index (χ1n) is 21.7. The highest BCUT2D eigenvalue weighted by Crippen LogP contribution is 2.70. The lowest BCUT2D eigenvalue weighted by atomic mass is 9.41. The number of aliphatic hydroxyl groups is 8. The van der Waals surface area contributed by atoms with Crippen LogP contribution >= 0.6 is 0 Å². The van der Waals surface area contributed by atoms with E-state index in [1.807, 2.05) is 0 Å². The minimum absolute atomic E-state index is 0.0452. The molecule has 0 aromatic heterocycles. The number of carbonyl (C=O) groups excluding carboxylic acids is 3. The summed E-state index contributed by atoms with van der Waals surface area (Å²) in [6, 6.07) is 0. The molecule has 4 aliphatic heterocycles. The summed E-state index contributed by atoms with van der Waals surface area (Å²) < 4.78 is 46.6. The van der Waals surface area contributed by atoms with E-state index >= 15 is 0 Å². The highest BCUT2D eigenvalue weighted by atomic mass is 16.8. The van der Waals surface area contributed by atoms with Gasteiger partial charge in [-0.1, -0.05) is 13.8 Å². The van der Waals surface area contributed by atoms with Crippen LogP contribution in [0.3, 0.4) is 0 Å². The number of cyclic esters (lactones) is 1. The molecule has 0 spiro atoms. The number of ether oxygens (including phenoxy) is 8. The second-order valence-electron chi connectivity index (χ2n) is 19.3. The number of rotatable bonds is 8. The maximum absolute atomic E-state index is 14.0. The zero-order chi connectivity index (χ0) is 44.1. The summed E-state index contributed by atoms with van der Waals surface area (Å²) >= 11 is 0. The van der Waals surface area contributed by atoms with Crippen LogP contribution in [0.5, 0.6) is 0 Å². The normalized spacial score (nSPS) is 53.6. The second kappa shape index (κ2) is 16.3. The molecule has 19 nitrogen and oxygen atoms in total. The van der Waals surface area contributed by atoms with Crippen LogP contribution in [0.15, 0.2) is 11.6 Å². The van der Waals surface area contributed by atoms with Crippen molar-refractivity contribution in [2.24, 2.45) is 28.6 Å². The largest absolute Gasteiger partial charge is 0.459 e. The summed E-state index contributed by atoms with van der Waals surface area (Å²) in [5.74, 6) is -3.26. The lowest BCUT2D eigenvalue weighted by Gasteiger charge is -2.66. The van der Waals surface area contributed by atoms with Crippen molar-refractivity contribution in [3.63, 3.8) is 0 Å². The standard InChI is InChI=1S/C42H62O19/c1-17-29(45)32(48)34(50)38(57-17)60-24-16-55-37(33(49)30(24)46)61-35-18(2)56-27(14-23(35)58-19(3)43)59-22-7-9-39(4)21(13-22)6-11-41(52)25(39)8-10-40(5)28(20-12-26(44)54-15-20)31(47)36(51)42(40,41)53/h12,17-18,21-25,27-35,37-38,45-50,52-53H,6-11,13-16H2,1-5H3/t17-,18+,21-,22-,23-,24+,25+,27-,28-,29-,30-,31-,32+,33+,34+,35+,37-,38-,39-,40+,41-,42+/m0/s1. The number of hydrogen-bond donors (Lipinski definition) is 8. The molecule has 0 unspecified atom stereocenters. The van der Waals surface area contributed by atoms with Gasteiger partial charge in [-0.15, -0.1) is 0 Å². The topological polar surface area (TPSA) is 287 Å². The average molecular weight is 871 g/mol. The van der Waals surface area contributed by atoms with Gasteiger partial charge in [0.2, 0.25) is 0 Å². The highest BCUT2D eigenvalue weighted by Gasteiger charge is 2.80. The van der Waals surface area contributed by atoms with E-state index < -0.39 is 138 Å². The van der Waals surface area contributed by atoms with Crippen LogP contribution in [0.2, 0.25) is 0 Å². The summed E-state index contributed by atoms with van der Waals surface area (Å²) in [5.41, 5.74) is -5.33. The Hall–Kier alpha value is -2.21. The molecule has 0 bridgehead atoms. The predicted octanol–water partition coefficient (Wildman–Crippen LogP) is -1.36. The quantitative estimate of drug-likeness (QED) is 0.103. The third-order valence-electron chi connectivity index (χ3n) is 16.0. The Balaban J connectivity index is 0.896. The van der Waals surface area contributed by atoms with Gasteiger partial charge < -0.3 is 78.7 Å².